The Bertz CT molecular complexity index is 966. The molecule has 0 fully saturated rings. The molecule has 1 aliphatic rings. The Hall–Kier alpha value is -3.19. The molecule has 0 spiro atoms. The molecular formula is C26H32N2O5. The molecule has 3 N–H and O–H groups in total. The third-order valence-corrected chi connectivity index (χ3v) is 5.49. The van der Waals surface area contributed by atoms with Crippen molar-refractivity contribution in [1.82, 2.24) is 5.32 Å². The average Bonchev–Trinajstić information content (AvgIpc) is 3.09. The largest absolute Gasteiger partial charge is 0.459 e. The van der Waals surface area contributed by atoms with Crippen LogP contribution in [0.25, 0.3) is 11.1 Å². The first-order valence-electron chi connectivity index (χ1n) is 11.3. The Labute approximate surface area is 194 Å². The molecule has 0 unspecified atom stereocenters. The smallest absolute Gasteiger partial charge is 0.407 e. The molecule has 0 saturated heterocycles. The number of fused-ring (bicyclic) bond motifs is 3. The van der Waals surface area contributed by atoms with Gasteiger partial charge in [-0.15, -0.1) is 0 Å². The van der Waals surface area contributed by atoms with E-state index < -0.39 is 29.5 Å². The summed E-state index contributed by atoms with van der Waals surface area (Å²) in [6, 6.07) is 15.1. The summed E-state index contributed by atoms with van der Waals surface area (Å²) >= 11 is 0. The minimum Gasteiger partial charge on any atom is -0.459 e. The lowest BCUT2D eigenvalue weighted by Crippen LogP contribution is -2.37. The summed E-state index contributed by atoms with van der Waals surface area (Å²) in [7, 11) is 0. The molecular weight excluding hydrogens is 420 g/mol. The highest BCUT2D eigenvalue weighted by molar-refractivity contribution is 6.35. The van der Waals surface area contributed by atoms with Crippen molar-refractivity contribution in [3.63, 3.8) is 0 Å². The molecule has 0 heterocycles. The van der Waals surface area contributed by atoms with Crippen LogP contribution in [0.3, 0.4) is 0 Å². The van der Waals surface area contributed by atoms with E-state index in [1.54, 1.807) is 20.8 Å². The predicted octanol–water partition coefficient (Wildman–Crippen LogP) is 3.93. The highest BCUT2D eigenvalue weighted by atomic mass is 16.6. The molecule has 33 heavy (non-hydrogen) atoms. The highest BCUT2D eigenvalue weighted by Crippen LogP contribution is 2.44. The summed E-state index contributed by atoms with van der Waals surface area (Å²) < 4.78 is 10.5. The van der Waals surface area contributed by atoms with Crippen LogP contribution in [0.4, 0.5) is 4.79 Å². The van der Waals surface area contributed by atoms with Gasteiger partial charge in [0, 0.05) is 12.5 Å². The molecule has 1 aliphatic carbocycles. The van der Waals surface area contributed by atoms with E-state index in [2.05, 4.69) is 17.4 Å². The lowest BCUT2D eigenvalue weighted by molar-refractivity contribution is -0.154. The van der Waals surface area contributed by atoms with Crippen molar-refractivity contribution >= 4 is 17.8 Å². The molecule has 7 heteroatoms. The number of ether oxygens (including phenoxy) is 2. The van der Waals surface area contributed by atoms with Gasteiger partial charge in [0.1, 0.15) is 12.2 Å². The van der Waals surface area contributed by atoms with Crippen molar-refractivity contribution in [2.24, 2.45) is 5.73 Å². The number of carbonyl (C=O) groups excluding carboxylic acids is 3. The van der Waals surface area contributed by atoms with Crippen LogP contribution in [0, 0.1) is 0 Å². The molecule has 0 aromatic heterocycles. The number of hydrogen-bond acceptors (Lipinski definition) is 6. The number of benzene rings is 2. The molecule has 2 aromatic rings. The van der Waals surface area contributed by atoms with E-state index in [0.717, 1.165) is 22.3 Å². The maximum Gasteiger partial charge on any atom is 0.407 e. The maximum absolute atomic E-state index is 12.4. The number of nitrogens with one attached hydrogen (secondary N) is 1. The number of alkyl carbamates (subject to hydrolysis) is 1. The third-order valence-electron chi connectivity index (χ3n) is 5.49. The van der Waals surface area contributed by atoms with Crippen LogP contribution in [-0.4, -0.2) is 42.6 Å². The average molecular weight is 453 g/mol. The van der Waals surface area contributed by atoms with E-state index in [1.807, 2.05) is 36.4 Å². The fraction of sp³-hybridized carbons (Fsp3) is 0.423. The first-order chi connectivity index (χ1) is 15.7. The second-order valence-corrected chi connectivity index (χ2v) is 9.22. The molecule has 0 bridgehead atoms. The van der Waals surface area contributed by atoms with Gasteiger partial charge in [-0.05, 0) is 62.3 Å². The molecule has 3 rings (SSSR count). The molecule has 2 aromatic carbocycles. The number of esters is 1. The number of carbonyl (C=O) groups is 3. The van der Waals surface area contributed by atoms with Gasteiger partial charge in [-0.2, -0.15) is 0 Å². The molecule has 0 radical (unpaired) electrons. The topological polar surface area (TPSA) is 108 Å². The van der Waals surface area contributed by atoms with E-state index in [9.17, 15) is 14.4 Å². The van der Waals surface area contributed by atoms with Crippen molar-refractivity contribution < 1.29 is 23.9 Å². The highest BCUT2D eigenvalue weighted by Gasteiger charge is 2.30. The van der Waals surface area contributed by atoms with Gasteiger partial charge in [0.25, 0.3) is 5.78 Å². The van der Waals surface area contributed by atoms with E-state index in [4.69, 9.17) is 15.2 Å². The fourth-order valence-corrected chi connectivity index (χ4v) is 3.95. The third kappa shape index (κ3) is 6.42. The van der Waals surface area contributed by atoms with E-state index in [-0.39, 0.29) is 12.5 Å². The van der Waals surface area contributed by atoms with Gasteiger partial charge in [-0.3, -0.25) is 4.79 Å². The van der Waals surface area contributed by atoms with E-state index >= 15 is 0 Å². The zero-order chi connectivity index (χ0) is 24.0. The lowest BCUT2D eigenvalue weighted by atomic mass is 9.98. The fourth-order valence-electron chi connectivity index (χ4n) is 3.95. The van der Waals surface area contributed by atoms with Crippen LogP contribution >= 0.6 is 0 Å². The van der Waals surface area contributed by atoms with Crippen LogP contribution in [0.15, 0.2) is 48.5 Å². The summed E-state index contributed by atoms with van der Waals surface area (Å²) in [4.78, 5) is 36.3. The van der Waals surface area contributed by atoms with Crippen molar-refractivity contribution in [3.05, 3.63) is 59.7 Å². The first kappa shape index (κ1) is 24.5. The van der Waals surface area contributed by atoms with E-state index in [1.165, 1.54) is 0 Å². The van der Waals surface area contributed by atoms with Gasteiger partial charge >= 0.3 is 12.1 Å². The number of amides is 1. The maximum atomic E-state index is 12.4. The van der Waals surface area contributed by atoms with Crippen LogP contribution in [0.1, 0.15) is 57.1 Å². The first-order valence-corrected chi connectivity index (χ1v) is 11.3. The normalized spacial score (nSPS) is 13.6. The summed E-state index contributed by atoms with van der Waals surface area (Å²) in [5.74, 6) is -1.74. The van der Waals surface area contributed by atoms with Crippen molar-refractivity contribution in [1.29, 1.82) is 0 Å². The second kappa shape index (κ2) is 10.6. The Morgan fingerprint density at radius 1 is 0.970 bits per heavy atom. The SMILES string of the molecule is CC(C)(C)OC(=O)NCCCC[C@H](N)C(=O)C(=O)OCC1c2ccccc2-c2ccccc21. The molecule has 1 atom stereocenters. The summed E-state index contributed by atoms with van der Waals surface area (Å²) in [5, 5.41) is 2.65. The Balaban J connectivity index is 1.44. The number of hydrogen-bond donors (Lipinski definition) is 2. The number of Topliss-reactive ketones (excluding diaryl/α,β-unsaturated/α-hetero) is 1. The lowest BCUT2D eigenvalue weighted by Gasteiger charge is -2.19. The summed E-state index contributed by atoms with van der Waals surface area (Å²) in [6.45, 7) is 5.87. The van der Waals surface area contributed by atoms with Gasteiger partial charge in [-0.25, -0.2) is 9.59 Å². The van der Waals surface area contributed by atoms with Crippen LogP contribution in [-0.2, 0) is 19.1 Å². The number of unbranched alkanes of at least 4 members (excludes halogenated alkanes) is 1. The predicted molar refractivity (Wildman–Crippen MR) is 126 cm³/mol. The second-order valence-electron chi connectivity index (χ2n) is 9.22. The molecule has 7 nitrogen and oxygen atoms in total. The van der Waals surface area contributed by atoms with Crippen LogP contribution in [0.5, 0.6) is 0 Å². The summed E-state index contributed by atoms with van der Waals surface area (Å²) in [5.41, 5.74) is 9.78. The minimum atomic E-state index is -0.929. The minimum absolute atomic E-state index is 0.0884. The van der Waals surface area contributed by atoms with Crippen LogP contribution < -0.4 is 11.1 Å². The molecule has 0 aliphatic heterocycles. The number of rotatable bonds is 9. The molecule has 176 valence electrons. The number of ketones is 1. The van der Waals surface area contributed by atoms with Gasteiger partial charge in [-0.1, -0.05) is 48.5 Å². The molecule has 0 saturated carbocycles. The standard InChI is InChI=1S/C26H32N2O5/c1-26(2,3)33-25(31)28-15-9-8-14-22(27)23(29)24(30)32-16-21-19-12-6-4-10-17(19)18-11-5-7-13-20(18)21/h4-7,10-13,21-22H,8-9,14-16,27H2,1-3H3,(H,28,31)/t22-/m0/s1. The zero-order valence-corrected chi connectivity index (χ0v) is 19.4. The van der Waals surface area contributed by atoms with Gasteiger partial charge in [0.2, 0.25) is 0 Å². The quantitative estimate of drug-likeness (QED) is 0.339. The van der Waals surface area contributed by atoms with Crippen molar-refractivity contribution in [2.75, 3.05) is 13.2 Å². The van der Waals surface area contributed by atoms with E-state index in [0.29, 0.717) is 25.8 Å². The van der Waals surface area contributed by atoms with Gasteiger partial charge in [0.15, 0.2) is 0 Å². The van der Waals surface area contributed by atoms with Crippen LogP contribution in [0.2, 0.25) is 0 Å². The monoisotopic (exact) mass is 452 g/mol. The van der Waals surface area contributed by atoms with Crippen molar-refractivity contribution in [2.45, 2.75) is 57.6 Å². The Kier molecular flexibility index (Phi) is 7.87. The zero-order valence-electron chi connectivity index (χ0n) is 19.4. The summed E-state index contributed by atoms with van der Waals surface area (Å²) in [6.07, 6.45) is 1.05. The Morgan fingerprint density at radius 2 is 1.55 bits per heavy atom. The van der Waals surface area contributed by atoms with Gasteiger partial charge in [0.05, 0.1) is 6.04 Å². The van der Waals surface area contributed by atoms with Crippen molar-refractivity contribution in [3.8, 4) is 11.1 Å². The van der Waals surface area contributed by atoms with Gasteiger partial charge < -0.3 is 20.5 Å². The number of nitrogens with two attached hydrogens (primary N) is 1. The Morgan fingerprint density at radius 3 is 2.12 bits per heavy atom. The molecule has 1 amide bonds.